The summed E-state index contributed by atoms with van der Waals surface area (Å²) in [6.45, 7) is 5.28. The molecule has 1 saturated heterocycles. The molecule has 4 heterocycles. The third-order valence-electron chi connectivity index (χ3n) is 6.16. The topological polar surface area (TPSA) is 103 Å². The Balaban J connectivity index is 1.26. The Morgan fingerprint density at radius 1 is 1.16 bits per heavy atom. The second-order valence-electron chi connectivity index (χ2n) is 8.69. The predicted octanol–water partition coefficient (Wildman–Crippen LogP) is 5.00. The summed E-state index contributed by atoms with van der Waals surface area (Å²) in [5.41, 5.74) is 2.54. The molecule has 3 aromatic heterocycles. The zero-order chi connectivity index (χ0) is 25.8. The number of esters is 1. The Morgan fingerprint density at radius 2 is 1.95 bits per heavy atom. The van der Waals surface area contributed by atoms with Crippen molar-refractivity contribution in [1.29, 1.82) is 0 Å². The number of piperidine rings is 1. The lowest BCUT2D eigenvalue weighted by Gasteiger charge is -2.30. The van der Waals surface area contributed by atoms with E-state index in [4.69, 9.17) is 9.15 Å². The van der Waals surface area contributed by atoms with Gasteiger partial charge in [-0.1, -0.05) is 29.5 Å². The van der Waals surface area contributed by atoms with E-state index in [1.54, 1.807) is 23.5 Å². The Hall–Kier alpha value is -3.44. The third-order valence-corrected chi connectivity index (χ3v) is 8.14. The van der Waals surface area contributed by atoms with E-state index in [1.165, 1.54) is 23.1 Å². The maximum absolute atomic E-state index is 13.0. The first kappa shape index (κ1) is 25.2. The van der Waals surface area contributed by atoms with E-state index < -0.39 is 0 Å². The molecule has 1 aliphatic heterocycles. The highest BCUT2D eigenvalue weighted by Crippen LogP contribution is 2.31. The molecule has 0 unspecified atom stereocenters. The smallest absolute Gasteiger partial charge is 0.309 e. The summed E-state index contributed by atoms with van der Waals surface area (Å²) in [7, 11) is 0. The van der Waals surface area contributed by atoms with E-state index in [-0.39, 0.29) is 17.8 Å². The quantitative estimate of drug-likeness (QED) is 0.229. The first-order chi connectivity index (χ1) is 18.0. The van der Waals surface area contributed by atoms with E-state index in [0.717, 1.165) is 16.3 Å². The Morgan fingerprint density at radius 3 is 2.65 bits per heavy atom. The maximum atomic E-state index is 13.0. The van der Waals surface area contributed by atoms with Crippen LogP contribution >= 0.6 is 23.1 Å². The number of likely N-dealkylation sites (tertiary alicyclic amines) is 1. The number of amides is 1. The first-order valence-corrected chi connectivity index (χ1v) is 14.0. The number of hydrogen-bond acceptors (Lipinski definition) is 9. The number of benzene rings is 1. The summed E-state index contributed by atoms with van der Waals surface area (Å²) < 4.78 is 12.7. The van der Waals surface area contributed by atoms with Crippen LogP contribution in [0.4, 0.5) is 0 Å². The molecule has 0 N–H and O–H groups in total. The summed E-state index contributed by atoms with van der Waals surface area (Å²) in [5.74, 6) is 1.40. The van der Waals surface area contributed by atoms with Crippen molar-refractivity contribution >= 4 is 35.0 Å². The molecule has 0 atom stereocenters. The van der Waals surface area contributed by atoms with Crippen molar-refractivity contribution in [2.24, 2.45) is 5.92 Å². The van der Waals surface area contributed by atoms with Crippen LogP contribution in [-0.2, 0) is 15.3 Å². The fourth-order valence-corrected chi connectivity index (χ4v) is 5.94. The van der Waals surface area contributed by atoms with Crippen molar-refractivity contribution in [2.45, 2.75) is 37.6 Å². The minimum Gasteiger partial charge on any atom is -0.466 e. The zero-order valence-electron chi connectivity index (χ0n) is 20.6. The minimum absolute atomic E-state index is 0.0993. The fourth-order valence-electron chi connectivity index (χ4n) is 4.20. The van der Waals surface area contributed by atoms with Crippen LogP contribution in [-0.4, -0.2) is 56.2 Å². The Bertz CT molecular complexity index is 1360. The Labute approximate surface area is 222 Å². The van der Waals surface area contributed by atoms with Gasteiger partial charge in [-0.15, -0.1) is 21.5 Å². The second kappa shape index (κ2) is 11.3. The summed E-state index contributed by atoms with van der Waals surface area (Å²) in [4.78, 5) is 31.3. The van der Waals surface area contributed by atoms with Crippen LogP contribution in [0.5, 0.6) is 0 Å². The summed E-state index contributed by atoms with van der Waals surface area (Å²) in [6.07, 6.45) is 2.85. The van der Waals surface area contributed by atoms with Gasteiger partial charge < -0.3 is 14.1 Å². The van der Waals surface area contributed by atoms with Gasteiger partial charge in [0, 0.05) is 24.2 Å². The number of rotatable bonds is 8. The largest absolute Gasteiger partial charge is 0.466 e. The van der Waals surface area contributed by atoms with Gasteiger partial charge in [0.15, 0.2) is 10.9 Å². The lowest BCUT2D eigenvalue weighted by molar-refractivity contribution is -0.149. The van der Waals surface area contributed by atoms with Crippen molar-refractivity contribution in [3.63, 3.8) is 0 Å². The van der Waals surface area contributed by atoms with E-state index in [0.29, 0.717) is 60.7 Å². The molecular formula is C26H27N5O4S2. The van der Waals surface area contributed by atoms with Crippen molar-refractivity contribution in [1.82, 2.24) is 24.6 Å². The molecule has 0 spiro atoms. The summed E-state index contributed by atoms with van der Waals surface area (Å²) in [5, 5.41) is 12.1. The minimum atomic E-state index is -0.170. The molecular weight excluding hydrogens is 510 g/mol. The zero-order valence-corrected chi connectivity index (χ0v) is 22.3. The van der Waals surface area contributed by atoms with E-state index >= 15 is 0 Å². The number of carbonyl (C=O) groups excluding carboxylic acids is 2. The van der Waals surface area contributed by atoms with Crippen molar-refractivity contribution in [3.8, 4) is 17.3 Å². The molecule has 5 rings (SSSR count). The van der Waals surface area contributed by atoms with E-state index in [2.05, 4.69) is 15.2 Å². The van der Waals surface area contributed by atoms with Gasteiger partial charge in [0.1, 0.15) is 10.7 Å². The molecule has 11 heteroatoms. The fraction of sp³-hybridized carbons (Fsp3) is 0.346. The van der Waals surface area contributed by atoms with Gasteiger partial charge in [-0.3, -0.25) is 14.2 Å². The number of aryl methyl sites for hydroxylation is 1. The second-order valence-corrected chi connectivity index (χ2v) is 10.6. The van der Waals surface area contributed by atoms with Crippen LogP contribution in [0.25, 0.3) is 17.3 Å². The normalized spacial score (nSPS) is 14.2. The highest BCUT2D eigenvalue weighted by atomic mass is 32.2. The molecule has 37 heavy (non-hydrogen) atoms. The third kappa shape index (κ3) is 5.62. The molecule has 1 fully saturated rings. The highest BCUT2D eigenvalue weighted by molar-refractivity contribution is 7.98. The van der Waals surface area contributed by atoms with Crippen LogP contribution in [0.3, 0.4) is 0 Å². The monoisotopic (exact) mass is 537 g/mol. The van der Waals surface area contributed by atoms with E-state index in [9.17, 15) is 9.59 Å². The van der Waals surface area contributed by atoms with Gasteiger partial charge in [-0.05, 0) is 51.0 Å². The summed E-state index contributed by atoms with van der Waals surface area (Å²) >= 11 is 2.96. The number of hydrogen-bond donors (Lipinski definition) is 0. The first-order valence-electron chi connectivity index (χ1n) is 12.1. The number of ether oxygens (including phenoxy) is 1. The van der Waals surface area contributed by atoms with Crippen LogP contribution in [0.15, 0.2) is 57.6 Å². The van der Waals surface area contributed by atoms with Gasteiger partial charge in [-0.2, -0.15) is 0 Å². The summed E-state index contributed by atoms with van der Waals surface area (Å²) in [6, 6.07) is 11.8. The van der Waals surface area contributed by atoms with Crippen molar-refractivity contribution < 1.29 is 18.7 Å². The number of furan rings is 1. The molecule has 0 bridgehead atoms. The lowest BCUT2D eigenvalue weighted by atomic mass is 9.97. The maximum Gasteiger partial charge on any atom is 0.309 e. The van der Waals surface area contributed by atoms with Crippen LogP contribution in [0.1, 0.15) is 40.8 Å². The van der Waals surface area contributed by atoms with Gasteiger partial charge >= 0.3 is 5.97 Å². The Kier molecular flexibility index (Phi) is 7.71. The molecule has 0 aliphatic carbocycles. The van der Waals surface area contributed by atoms with Gasteiger partial charge in [0.05, 0.1) is 24.5 Å². The molecule has 9 nitrogen and oxygen atoms in total. The van der Waals surface area contributed by atoms with Gasteiger partial charge in [0.25, 0.3) is 5.91 Å². The number of aromatic nitrogens is 4. The van der Waals surface area contributed by atoms with Gasteiger partial charge in [0.2, 0.25) is 5.82 Å². The number of nitrogens with zero attached hydrogens (tertiary/aromatic N) is 5. The number of thioether (sulfide) groups is 1. The molecule has 1 aromatic carbocycles. The average molecular weight is 538 g/mol. The number of thiazole rings is 1. The van der Waals surface area contributed by atoms with Crippen molar-refractivity contribution in [2.75, 3.05) is 19.7 Å². The molecule has 0 radical (unpaired) electrons. The van der Waals surface area contributed by atoms with E-state index in [1.807, 2.05) is 47.9 Å². The predicted molar refractivity (Wildman–Crippen MR) is 141 cm³/mol. The molecule has 1 amide bonds. The van der Waals surface area contributed by atoms with Crippen molar-refractivity contribution in [3.05, 3.63) is 64.3 Å². The SMILES string of the molecule is CCOC(=O)C1CCN(C(=O)c2csc(CSc3nnc(-c4ccco4)n3-c3ccc(C)cc3)n2)CC1. The van der Waals surface area contributed by atoms with Crippen LogP contribution in [0, 0.1) is 12.8 Å². The lowest BCUT2D eigenvalue weighted by Crippen LogP contribution is -2.40. The highest BCUT2D eigenvalue weighted by Gasteiger charge is 2.29. The molecule has 1 aliphatic rings. The molecule has 4 aromatic rings. The van der Waals surface area contributed by atoms with Crippen LogP contribution in [0.2, 0.25) is 0 Å². The molecule has 192 valence electrons. The molecule has 0 saturated carbocycles. The standard InChI is InChI=1S/C26H27N5O4S2/c1-3-34-25(33)18-10-12-30(13-11-18)24(32)20-15-36-22(27-20)16-37-26-29-28-23(21-5-4-14-35-21)31(26)19-8-6-17(2)7-9-19/h4-9,14-15,18H,3,10-13,16H2,1-2H3. The van der Waals surface area contributed by atoms with Crippen LogP contribution < -0.4 is 0 Å². The average Bonchev–Trinajstić information content (AvgIpc) is 3.69. The number of carbonyl (C=O) groups is 2. The van der Waals surface area contributed by atoms with Gasteiger partial charge in [-0.25, -0.2) is 4.98 Å².